The summed E-state index contributed by atoms with van der Waals surface area (Å²) in [7, 11) is -4.86. The van der Waals surface area contributed by atoms with Crippen LogP contribution in [0.3, 0.4) is 0 Å². The van der Waals surface area contributed by atoms with E-state index < -0.39 is 55.9 Å². The van der Waals surface area contributed by atoms with Crippen molar-refractivity contribution in [2.75, 3.05) is 6.61 Å². The summed E-state index contributed by atoms with van der Waals surface area (Å²) in [5, 5.41) is 33.5. The number of nitro benzene ring substituents is 1. The van der Waals surface area contributed by atoms with Crippen LogP contribution in [-0.4, -0.2) is 68.1 Å². The predicted molar refractivity (Wildman–Crippen MR) is 90.0 cm³/mol. The third kappa shape index (κ3) is 5.94. The fourth-order valence-corrected chi connectivity index (χ4v) is 2.85. The van der Waals surface area contributed by atoms with Gasteiger partial charge in [-0.2, -0.15) is 0 Å². The molecule has 0 spiro atoms. The normalized spacial score (nSPS) is 27.8. The van der Waals surface area contributed by atoms with Crippen molar-refractivity contribution in [3.05, 3.63) is 34.4 Å². The van der Waals surface area contributed by atoms with Gasteiger partial charge in [0.25, 0.3) is 5.69 Å². The second-order valence-electron chi connectivity index (χ2n) is 5.91. The van der Waals surface area contributed by atoms with Crippen molar-refractivity contribution in [1.29, 1.82) is 0 Å². The van der Waals surface area contributed by atoms with Crippen LogP contribution in [0.5, 0.6) is 5.75 Å². The molecule has 156 valence electrons. The first kappa shape index (κ1) is 22.2. The number of phosphoric acid groups is 1. The van der Waals surface area contributed by atoms with Gasteiger partial charge in [0.1, 0.15) is 30.1 Å². The molecule has 1 fully saturated rings. The van der Waals surface area contributed by atoms with Crippen molar-refractivity contribution in [3.63, 3.8) is 0 Å². The van der Waals surface area contributed by atoms with Gasteiger partial charge < -0.3 is 34.8 Å². The Morgan fingerprint density at radius 2 is 1.89 bits per heavy atom. The Hall–Kier alpha value is -2.12. The highest BCUT2D eigenvalue weighted by Gasteiger charge is 2.46. The molecule has 14 heteroatoms. The number of carbonyl (C=O) groups is 1. The fraction of sp³-hybridized carbons (Fsp3) is 0.500. The van der Waals surface area contributed by atoms with Crippen molar-refractivity contribution in [1.82, 2.24) is 5.32 Å². The first-order valence-corrected chi connectivity index (χ1v) is 9.41. The number of nitro groups is 1. The van der Waals surface area contributed by atoms with Gasteiger partial charge in [-0.15, -0.1) is 0 Å². The zero-order valence-electron chi connectivity index (χ0n) is 14.4. The molecule has 1 heterocycles. The highest BCUT2D eigenvalue weighted by Crippen LogP contribution is 2.37. The molecule has 0 aliphatic carbocycles. The second-order valence-corrected chi connectivity index (χ2v) is 7.14. The van der Waals surface area contributed by atoms with E-state index in [0.717, 1.165) is 19.1 Å². The van der Waals surface area contributed by atoms with E-state index in [-0.39, 0.29) is 11.4 Å². The van der Waals surface area contributed by atoms with Crippen LogP contribution >= 0.6 is 7.82 Å². The lowest BCUT2D eigenvalue weighted by atomic mass is 9.97. The third-order valence-corrected chi connectivity index (χ3v) is 4.26. The lowest BCUT2D eigenvalue weighted by Gasteiger charge is -2.42. The quantitative estimate of drug-likeness (QED) is 0.206. The van der Waals surface area contributed by atoms with E-state index in [0.29, 0.717) is 0 Å². The van der Waals surface area contributed by atoms with Crippen LogP contribution in [0.4, 0.5) is 5.69 Å². The Balaban J connectivity index is 2.20. The van der Waals surface area contributed by atoms with Crippen LogP contribution in [0.15, 0.2) is 24.3 Å². The summed E-state index contributed by atoms with van der Waals surface area (Å²) < 4.78 is 26.1. The minimum absolute atomic E-state index is 0.0872. The number of non-ortho nitro benzene ring substituents is 1. The molecule has 0 bridgehead atoms. The maximum Gasteiger partial charge on any atom is 0.469 e. The Labute approximate surface area is 158 Å². The maximum absolute atomic E-state index is 11.4. The van der Waals surface area contributed by atoms with Gasteiger partial charge in [0.15, 0.2) is 0 Å². The number of aliphatic hydroxyl groups is 2. The Morgan fingerprint density at radius 1 is 1.29 bits per heavy atom. The lowest BCUT2D eigenvalue weighted by Crippen LogP contribution is -2.65. The number of hydrogen-bond donors (Lipinski definition) is 5. The minimum Gasteiger partial charge on any atom is -0.463 e. The summed E-state index contributed by atoms with van der Waals surface area (Å²) in [5.41, 5.74) is -0.196. The number of phosphoric ester groups is 1. The van der Waals surface area contributed by atoms with Gasteiger partial charge in [-0.3, -0.25) is 19.4 Å². The van der Waals surface area contributed by atoms with E-state index in [2.05, 4.69) is 9.84 Å². The van der Waals surface area contributed by atoms with Crippen LogP contribution in [0.25, 0.3) is 0 Å². The third-order valence-electron chi connectivity index (χ3n) is 3.78. The smallest absolute Gasteiger partial charge is 0.463 e. The number of carbonyl (C=O) groups excluding carboxylic acids is 1. The Bertz CT molecular complexity index is 752. The minimum atomic E-state index is -4.86. The van der Waals surface area contributed by atoms with E-state index in [9.17, 15) is 29.7 Å². The molecule has 1 aromatic rings. The largest absolute Gasteiger partial charge is 0.469 e. The van der Waals surface area contributed by atoms with Crippen molar-refractivity contribution in [2.24, 2.45) is 0 Å². The van der Waals surface area contributed by atoms with E-state index in [4.69, 9.17) is 19.3 Å². The van der Waals surface area contributed by atoms with Gasteiger partial charge in [0, 0.05) is 19.1 Å². The molecule has 0 aromatic heterocycles. The molecule has 5 N–H and O–H groups in total. The van der Waals surface area contributed by atoms with Crippen molar-refractivity contribution in [3.8, 4) is 5.75 Å². The van der Waals surface area contributed by atoms with Crippen LogP contribution in [-0.2, 0) is 18.6 Å². The molecule has 1 aromatic carbocycles. The standard InChI is InChI=1S/C14H19N2O11P/c1-7(17)15-11-13(19)12(18)10(6-25-28(22,23)24)27-14(11)26-9-4-2-8(3-5-9)16(20)21/h2-5,10-14,18-19H,6H2,1H3,(H,15,17)(H2,22,23,24)/t10-,11-,12-,13-,14-/m1/s1. The monoisotopic (exact) mass is 422 g/mol. The van der Waals surface area contributed by atoms with Gasteiger partial charge in [-0.25, -0.2) is 4.57 Å². The zero-order valence-corrected chi connectivity index (χ0v) is 15.3. The SMILES string of the molecule is CC(=O)N[C@H]1[C@H](Oc2ccc([N+](=O)[O-])cc2)O[C@H](COP(=O)(O)O)[C@@H](O)[C@@H]1O. The van der Waals surface area contributed by atoms with Gasteiger partial charge >= 0.3 is 7.82 Å². The van der Waals surface area contributed by atoms with Gasteiger partial charge in [0.2, 0.25) is 12.2 Å². The average Bonchev–Trinajstić information content (AvgIpc) is 2.59. The van der Waals surface area contributed by atoms with Gasteiger partial charge in [-0.05, 0) is 12.1 Å². The second kappa shape index (κ2) is 8.92. The topological polar surface area (TPSA) is 198 Å². The first-order chi connectivity index (χ1) is 13.0. The number of ether oxygens (including phenoxy) is 2. The molecule has 1 saturated heterocycles. The molecular weight excluding hydrogens is 403 g/mol. The molecule has 0 unspecified atom stereocenters. The van der Waals surface area contributed by atoms with E-state index in [1.165, 1.54) is 12.1 Å². The molecular formula is C14H19N2O11P. The van der Waals surface area contributed by atoms with Crippen LogP contribution in [0.1, 0.15) is 6.92 Å². The average molecular weight is 422 g/mol. The van der Waals surface area contributed by atoms with E-state index >= 15 is 0 Å². The van der Waals surface area contributed by atoms with Crippen molar-refractivity contribution in [2.45, 2.75) is 37.6 Å². The number of nitrogens with zero attached hydrogens (tertiary/aromatic N) is 1. The predicted octanol–water partition coefficient (Wildman–Crippen LogP) is -0.966. The molecule has 0 radical (unpaired) electrons. The van der Waals surface area contributed by atoms with Gasteiger partial charge in [0.05, 0.1) is 11.5 Å². The fourth-order valence-electron chi connectivity index (χ4n) is 2.51. The number of hydrogen-bond acceptors (Lipinski definition) is 9. The highest BCUT2D eigenvalue weighted by molar-refractivity contribution is 7.46. The number of benzene rings is 1. The zero-order chi connectivity index (χ0) is 21.1. The number of rotatable bonds is 7. The maximum atomic E-state index is 11.4. The Morgan fingerprint density at radius 3 is 2.39 bits per heavy atom. The molecule has 0 saturated carbocycles. The highest BCUT2D eigenvalue weighted by atomic mass is 31.2. The summed E-state index contributed by atoms with van der Waals surface area (Å²) in [6, 6.07) is 3.58. The summed E-state index contributed by atoms with van der Waals surface area (Å²) in [4.78, 5) is 39.1. The van der Waals surface area contributed by atoms with E-state index in [1.54, 1.807) is 0 Å². The molecule has 5 atom stereocenters. The Kier molecular flexibility index (Phi) is 7.06. The summed E-state index contributed by atoms with van der Waals surface area (Å²) >= 11 is 0. The first-order valence-electron chi connectivity index (χ1n) is 7.88. The number of nitrogens with one attached hydrogen (secondary N) is 1. The molecule has 28 heavy (non-hydrogen) atoms. The van der Waals surface area contributed by atoms with Crippen LogP contribution in [0.2, 0.25) is 0 Å². The molecule has 1 amide bonds. The number of aliphatic hydroxyl groups excluding tert-OH is 2. The van der Waals surface area contributed by atoms with E-state index in [1.807, 2.05) is 0 Å². The van der Waals surface area contributed by atoms with Crippen molar-refractivity contribution >= 4 is 19.4 Å². The molecule has 13 nitrogen and oxygen atoms in total. The van der Waals surface area contributed by atoms with Crippen LogP contribution < -0.4 is 10.1 Å². The molecule has 1 aliphatic rings. The summed E-state index contributed by atoms with van der Waals surface area (Å²) in [6.07, 6.45) is -6.06. The summed E-state index contributed by atoms with van der Waals surface area (Å²) in [6.45, 7) is 0.389. The van der Waals surface area contributed by atoms with Gasteiger partial charge in [-0.1, -0.05) is 0 Å². The molecule has 1 aliphatic heterocycles. The molecule has 2 rings (SSSR count). The number of amides is 1. The van der Waals surface area contributed by atoms with Crippen LogP contribution in [0, 0.1) is 10.1 Å². The summed E-state index contributed by atoms with van der Waals surface area (Å²) in [5.74, 6) is -0.480. The lowest BCUT2D eigenvalue weighted by molar-refractivity contribution is -0.384. The van der Waals surface area contributed by atoms with Crippen molar-refractivity contribution < 1.29 is 48.3 Å².